The normalized spacial score (nSPS) is 53.1. The van der Waals surface area contributed by atoms with Crippen molar-refractivity contribution in [3.63, 3.8) is 0 Å². The van der Waals surface area contributed by atoms with Gasteiger partial charge in [0.15, 0.2) is 12.1 Å². The fourth-order valence-electron chi connectivity index (χ4n) is 8.09. The predicted molar refractivity (Wildman–Crippen MR) is 123 cm³/mol. The minimum atomic E-state index is -1.11. The highest BCUT2D eigenvalue weighted by atomic mass is 16.7. The van der Waals surface area contributed by atoms with Crippen molar-refractivity contribution in [3.05, 3.63) is 47.0 Å². The lowest BCUT2D eigenvalue weighted by Gasteiger charge is -2.55. The first-order valence-electron chi connectivity index (χ1n) is 12.8. The van der Waals surface area contributed by atoms with E-state index in [-0.39, 0.29) is 47.4 Å². The number of ketones is 1. The van der Waals surface area contributed by atoms with Crippen LogP contribution in [0.25, 0.3) is 0 Å². The van der Waals surface area contributed by atoms with Gasteiger partial charge in [-0.25, -0.2) is 0 Å². The molecule has 3 aliphatic heterocycles. The zero-order valence-corrected chi connectivity index (χ0v) is 20.3. The van der Waals surface area contributed by atoms with Crippen LogP contribution in [-0.4, -0.2) is 57.4 Å². The van der Waals surface area contributed by atoms with Crippen molar-refractivity contribution in [2.45, 2.75) is 107 Å². The average Bonchev–Trinajstić information content (AvgIpc) is 3.70. The number of allylic oxidation sites excluding steroid dienone is 1. The Morgan fingerprint density at radius 3 is 2.74 bits per heavy atom. The largest absolute Gasteiger partial charge is 0.386 e. The molecule has 182 valence electrons. The molecule has 4 fully saturated rings. The summed E-state index contributed by atoms with van der Waals surface area (Å²) < 4.78 is 18.0. The highest BCUT2D eigenvalue weighted by molar-refractivity contribution is 5.97. The fourth-order valence-corrected chi connectivity index (χ4v) is 8.09. The minimum absolute atomic E-state index is 0.0221. The SMILES string of the molecule is C[C@@H](c1ccc2c(c1)CC[C@H]1[C@H]2[C@@H]2O[C@@H]2[C@@]2(O)CC=CC(=O)[C@]12C)[C@H]1C[C@@]2(C)O[C@@]2(C)[C@@H](O)O1. The lowest BCUT2D eigenvalue weighted by molar-refractivity contribution is -0.187. The molecule has 1 aromatic rings. The Kier molecular flexibility index (Phi) is 4.08. The number of hydrogen-bond donors (Lipinski definition) is 2. The van der Waals surface area contributed by atoms with Gasteiger partial charge in [0.2, 0.25) is 0 Å². The Bertz CT molecular complexity index is 1130. The lowest BCUT2D eigenvalue weighted by atomic mass is 9.48. The van der Waals surface area contributed by atoms with Crippen LogP contribution in [-0.2, 0) is 25.4 Å². The van der Waals surface area contributed by atoms with E-state index in [1.54, 1.807) is 6.08 Å². The van der Waals surface area contributed by atoms with Gasteiger partial charge in [-0.1, -0.05) is 31.2 Å². The zero-order valence-electron chi connectivity index (χ0n) is 20.3. The number of benzene rings is 1. The molecule has 1 aromatic carbocycles. The monoisotopic (exact) mass is 466 g/mol. The lowest BCUT2D eigenvalue weighted by Crippen LogP contribution is -2.65. The fraction of sp³-hybridized carbons (Fsp3) is 0.679. The van der Waals surface area contributed by atoms with Gasteiger partial charge in [0, 0.05) is 18.3 Å². The van der Waals surface area contributed by atoms with Crippen molar-refractivity contribution in [2.24, 2.45) is 11.3 Å². The highest BCUT2D eigenvalue weighted by Crippen LogP contribution is 2.66. The molecular weight excluding hydrogens is 432 g/mol. The van der Waals surface area contributed by atoms with E-state index in [0.717, 1.165) is 19.3 Å². The van der Waals surface area contributed by atoms with E-state index in [1.807, 2.05) is 19.9 Å². The maximum Gasteiger partial charge on any atom is 0.186 e. The van der Waals surface area contributed by atoms with Crippen molar-refractivity contribution in [2.75, 3.05) is 0 Å². The summed E-state index contributed by atoms with van der Waals surface area (Å²) in [6.07, 6.45) is 5.14. The van der Waals surface area contributed by atoms with Gasteiger partial charge in [-0.2, -0.15) is 0 Å². The molecule has 7 rings (SSSR count). The third-order valence-electron chi connectivity index (χ3n) is 10.8. The van der Waals surface area contributed by atoms with Crippen LogP contribution in [0.5, 0.6) is 0 Å². The molecule has 0 unspecified atom stereocenters. The van der Waals surface area contributed by atoms with Crippen molar-refractivity contribution in [1.29, 1.82) is 0 Å². The number of carbonyl (C=O) groups excluding carboxylic acids is 1. The molecule has 0 aromatic heterocycles. The van der Waals surface area contributed by atoms with Gasteiger partial charge in [0.1, 0.15) is 22.9 Å². The summed E-state index contributed by atoms with van der Waals surface area (Å²) in [6.45, 7) is 8.10. The first-order valence-corrected chi connectivity index (χ1v) is 12.8. The Balaban J connectivity index is 1.20. The predicted octanol–water partition coefficient (Wildman–Crippen LogP) is 3.14. The summed E-state index contributed by atoms with van der Waals surface area (Å²) in [6, 6.07) is 6.68. The third kappa shape index (κ3) is 2.42. The van der Waals surface area contributed by atoms with E-state index in [9.17, 15) is 15.0 Å². The Morgan fingerprint density at radius 2 is 1.97 bits per heavy atom. The molecule has 3 aliphatic carbocycles. The number of aliphatic hydroxyl groups is 2. The Morgan fingerprint density at radius 1 is 1.18 bits per heavy atom. The second-order valence-corrected chi connectivity index (χ2v) is 12.2. The van der Waals surface area contributed by atoms with Crippen LogP contribution in [0.3, 0.4) is 0 Å². The summed E-state index contributed by atoms with van der Waals surface area (Å²) >= 11 is 0. The molecule has 6 aliphatic rings. The summed E-state index contributed by atoms with van der Waals surface area (Å²) in [5.41, 5.74) is 0.920. The van der Waals surface area contributed by atoms with Crippen molar-refractivity contribution in [3.8, 4) is 0 Å². The van der Waals surface area contributed by atoms with E-state index in [1.165, 1.54) is 16.7 Å². The first-order chi connectivity index (χ1) is 16.0. The number of aryl methyl sites for hydroxylation is 1. The van der Waals surface area contributed by atoms with Crippen molar-refractivity contribution in [1.82, 2.24) is 0 Å². The van der Waals surface area contributed by atoms with Crippen LogP contribution >= 0.6 is 0 Å². The first kappa shape index (κ1) is 21.7. The molecule has 0 spiro atoms. The van der Waals surface area contributed by atoms with Crippen LogP contribution in [0.15, 0.2) is 30.4 Å². The Hall–Kier alpha value is -1.57. The topological polar surface area (TPSA) is 91.8 Å². The summed E-state index contributed by atoms with van der Waals surface area (Å²) in [4.78, 5) is 13.2. The van der Waals surface area contributed by atoms with Gasteiger partial charge in [0.05, 0.1) is 17.6 Å². The number of carbonyl (C=O) groups is 1. The molecule has 3 heterocycles. The molecule has 0 radical (unpaired) electrons. The molecule has 0 amide bonds. The molecule has 3 saturated heterocycles. The van der Waals surface area contributed by atoms with Crippen LogP contribution in [0.1, 0.15) is 75.5 Å². The number of fused-ring (bicyclic) bond motifs is 9. The molecule has 6 nitrogen and oxygen atoms in total. The van der Waals surface area contributed by atoms with Crippen molar-refractivity contribution < 1.29 is 29.2 Å². The standard InChI is InChI=1S/C28H34O6/c1-14(19-13-25(2)27(4,34-25)24(30)32-19)15-7-9-17-16(12-15)8-10-18-21(17)22-23(33-22)28(31)11-5-6-20(29)26(18,28)3/h5-7,9,12,14,18-19,21-24,30-31H,8,10-11,13H2,1-4H3/t14-,18-,19+,21-,22-,23-,24-,25+,26-,27-,28-/m0/s1. The molecule has 34 heavy (non-hydrogen) atoms. The molecule has 1 saturated carbocycles. The van der Waals surface area contributed by atoms with E-state index in [4.69, 9.17) is 14.2 Å². The zero-order chi connectivity index (χ0) is 23.8. The number of epoxide rings is 2. The van der Waals surface area contributed by atoms with Crippen molar-refractivity contribution >= 4 is 5.78 Å². The molecule has 0 bridgehead atoms. The molecule has 11 atom stereocenters. The second kappa shape index (κ2) is 6.40. The minimum Gasteiger partial charge on any atom is -0.386 e. The van der Waals surface area contributed by atoms with Crippen LogP contribution < -0.4 is 0 Å². The van der Waals surface area contributed by atoms with Gasteiger partial charge in [-0.05, 0) is 68.7 Å². The van der Waals surface area contributed by atoms with E-state index in [2.05, 4.69) is 32.0 Å². The molecule has 6 heteroatoms. The molecular formula is C28H34O6. The highest BCUT2D eigenvalue weighted by Gasteiger charge is 2.75. The quantitative estimate of drug-likeness (QED) is 0.651. The third-order valence-corrected chi connectivity index (χ3v) is 10.8. The van der Waals surface area contributed by atoms with E-state index in [0.29, 0.717) is 6.42 Å². The smallest absolute Gasteiger partial charge is 0.186 e. The Labute approximate surface area is 200 Å². The van der Waals surface area contributed by atoms with Gasteiger partial charge in [-0.15, -0.1) is 0 Å². The summed E-state index contributed by atoms with van der Waals surface area (Å²) in [7, 11) is 0. The maximum absolute atomic E-state index is 13.2. The number of rotatable bonds is 2. The summed E-state index contributed by atoms with van der Waals surface area (Å²) in [5, 5.41) is 22.1. The number of ether oxygens (including phenoxy) is 3. The van der Waals surface area contributed by atoms with E-state index >= 15 is 0 Å². The van der Waals surface area contributed by atoms with Gasteiger partial charge in [-0.3, -0.25) is 4.79 Å². The van der Waals surface area contributed by atoms with Crippen LogP contribution in [0.4, 0.5) is 0 Å². The average molecular weight is 467 g/mol. The second-order valence-electron chi connectivity index (χ2n) is 12.2. The van der Waals surface area contributed by atoms with Gasteiger partial charge >= 0.3 is 0 Å². The van der Waals surface area contributed by atoms with Crippen LogP contribution in [0, 0.1) is 11.3 Å². The summed E-state index contributed by atoms with van der Waals surface area (Å²) in [5.74, 6) is 0.351. The molecule has 2 N–H and O–H groups in total. The van der Waals surface area contributed by atoms with Gasteiger partial charge in [0.25, 0.3) is 0 Å². The number of aliphatic hydroxyl groups excluding tert-OH is 1. The van der Waals surface area contributed by atoms with E-state index < -0.39 is 22.9 Å². The van der Waals surface area contributed by atoms with Crippen LogP contribution in [0.2, 0.25) is 0 Å². The number of hydrogen-bond acceptors (Lipinski definition) is 6. The maximum atomic E-state index is 13.2. The van der Waals surface area contributed by atoms with Gasteiger partial charge < -0.3 is 24.4 Å².